The highest BCUT2D eigenvalue weighted by Crippen LogP contribution is 2.49. The van der Waals surface area contributed by atoms with Gasteiger partial charge in [0.05, 0.1) is 0 Å². The lowest BCUT2D eigenvalue weighted by Gasteiger charge is -2.28. The van der Waals surface area contributed by atoms with Crippen molar-refractivity contribution in [3.63, 3.8) is 0 Å². The van der Waals surface area contributed by atoms with Crippen molar-refractivity contribution in [1.29, 1.82) is 0 Å². The maximum Gasteiger partial charge on any atom is 0.244 e. The molecule has 0 aliphatic heterocycles. The molecule has 21 heavy (non-hydrogen) atoms. The van der Waals surface area contributed by atoms with Crippen molar-refractivity contribution in [1.82, 2.24) is 5.32 Å². The number of halogens is 1. The third kappa shape index (κ3) is 3.49. The van der Waals surface area contributed by atoms with Crippen LogP contribution < -0.4 is 5.32 Å². The molecule has 2 saturated carbocycles. The minimum atomic E-state index is 0.000207. The smallest absolute Gasteiger partial charge is 0.244 e. The minimum absolute atomic E-state index is 0.000207. The van der Waals surface area contributed by atoms with Gasteiger partial charge in [-0.25, -0.2) is 0 Å². The lowest BCUT2D eigenvalue weighted by atomic mass is 9.84. The summed E-state index contributed by atoms with van der Waals surface area (Å²) in [5.74, 6) is 2.44. The molecule has 0 aromatic heterocycles. The third-order valence-electron chi connectivity index (χ3n) is 5.10. The SMILES string of the molecule is CC(NC(=O)/C=C/c1ccc(Cl)cc1)C1CC2CCC1C2. The van der Waals surface area contributed by atoms with Crippen LogP contribution >= 0.6 is 11.6 Å². The van der Waals surface area contributed by atoms with Crippen LogP contribution in [0.5, 0.6) is 0 Å². The van der Waals surface area contributed by atoms with Gasteiger partial charge in [0, 0.05) is 17.1 Å². The van der Waals surface area contributed by atoms with Crippen LogP contribution in [-0.4, -0.2) is 11.9 Å². The number of nitrogens with one attached hydrogen (secondary N) is 1. The second-order valence-corrected chi connectivity index (χ2v) is 6.96. The summed E-state index contributed by atoms with van der Waals surface area (Å²) in [6, 6.07) is 7.76. The van der Waals surface area contributed by atoms with Crippen LogP contribution in [0.3, 0.4) is 0 Å². The Balaban J connectivity index is 1.53. The van der Waals surface area contributed by atoms with Crippen LogP contribution in [0, 0.1) is 17.8 Å². The highest BCUT2D eigenvalue weighted by molar-refractivity contribution is 6.30. The molecule has 1 N–H and O–H groups in total. The number of carbonyl (C=O) groups is 1. The van der Waals surface area contributed by atoms with Gasteiger partial charge in [-0.1, -0.05) is 30.2 Å². The monoisotopic (exact) mass is 303 g/mol. The Morgan fingerprint density at radius 3 is 2.67 bits per heavy atom. The number of benzene rings is 1. The summed E-state index contributed by atoms with van der Waals surface area (Å²) in [5.41, 5.74) is 0.988. The van der Waals surface area contributed by atoms with Crippen molar-refractivity contribution in [2.24, 2.45) is 17.8 Å². The lowest BCUT2D eigenvalue weighted by Crippen LogP contribution is -2.39. The molecule has 2 fully saturated rings. The molecule has 0 saturated heterocycles. The second kappa shape index (κ2) is 6.23. The van der Waals surface area contributed by atoms with Crippen LogP contribution in [0.25, 0.3) is 6.08 Å². The van der Waals surface area contributed by atoms with E-state index in [1.54, 1.807) is 6.08 Å². The van der Waals surface area contributed by atoms with E-state index < -0.39 is 0 Å². The largest absolute Gasteiger partial charge is 0.350 e. The van der Waals surface area contributed by atoms with Crippen molar-refractivity contribution in [3.8, 4) is 0 Å². The highest BCUT2D eigenvalue weighted by atomic mass is 35.5. The van der Waals surface area contributed by atoms with E-state index in [1.165, 1.54) is 25.7 Å². The predicted octanol–water partition coefficient (Wildman–Crippen LogP) is 4.29. The molecule has 1 aromatic carbocycles. The summed E-state index contributed by atoms with van der Waals surface area (Å²) in [5, 5.41) is 3.85. The Bertz CT molecular complexity index is 537. The van der Waals surface area contributed by atoms with Gasteiger partial charge in [-0.05, 0) is 67.7 Å². The average molecular weight is 304 g/mol. The minimum Gasteiger partial charge on any atom is -0.350 e. The molecule has 3 rings (SSSR count). The summed E-state index contributed by atoms with van der Waals surface area (Å²) < 4.78 is 0. The number of amides is 1. The molecule has 112 valence electrons. The fourth-order valence-corrected chi connectivity index (χ4v) is 4.16. The van der Waals surface area contributed by atoms with Gasteiger partial charge in [-0.15, -0.1) is 0 Å². The van der Waals surface area contributed by atoms with E-state index in [0.717, 1.165) is 17.4 Å². The molecule has 1 amide bonds. The van der Waals surface area contributed by atoms with Crippen LogP contribution in [-0.2, 0) is 4.79 Å². The standard InChI is InChI=1S/C18H22ClNO/c1-12(17-11-14-2-6-15(17)10-14)20-18(21)9-5-13-3-7-16(19)8-4-13/h3-5,7-9,12,14-15,17H,2,6,10-11H2,1H3,(H,20,21)/b9-5+. The first-order chi connectivity index (χ1) is 10.1. The number of hydrogen-bond acceptors (Lipinski definition) is 1. The Labute approximate surface area is 131 Å². The average Bonchev–Trinajstić information content (AvgIpc) is 3.09. The first-order valence-corrected chi connectivity index (χ1v) is 8.24. The molecule has 2 aliphatic rings. The van der Waals surface area contributed by atoms with E-state index in [0.29, 0.717) is 10.9 Å². The van der Waals surface area contributed by atoms with Crippen LogP contribution in [0.4, 0.5) is 0 Å². The Kier molecular flexibility index (Phi) is 4.34. The van der Waals surface area contributed by atoms with Gasteiger partial charge in [-0.2, -0.15) is 0 Å². The zero-order valence-electron chi connectivity index (χ0n) is 12.4. The van der Waals surface area contributed by atoms with Crippen molar-refractivity contribution in [2.75, 3.05) is 0 Å². The molecule has 1 aromatic rings. The summed E-state index contributed by atoms with van der Waals surface area (Å²) in [7, 11) is 0. The molecule has 2 bridgehead atoms. The molecule has 2 aliphatic carbocycles. The number of carbonyl (C=O) groups excluding carboxylic acids is 1. The van der Waals surface area contributed by atoms with Crippen LogP contribution in [0.15, 0.2) is 30.3 Å². The summed E-state index contributed by atoms with van der Waals surface area (Å²) in [6.45, 7) is 2.15. The summed E-state index contributed by atoms with van der Waals surface area (Å²) >= 11 is 5.84. The quantitative estimate of drug-likeness (QED) is 0.826. The Morgan fingerprint density at radius 2 is 2.05 bits per heavy atom. The first kappa shape index (κ1) is 14.6. The van der Waals surface area contributed by atoms with Gasteiger partial charge in [0.1, 0.15) is 0 Å². The van der Waals surface area contributed by atoms with Crippen LogP contribution in [0.2, 0.25) is 5.02 Å². The predicted molar refractivity (Wildman–Crippen MR) is 87.0 cm³/mol. The van der Waals surface area contributed by atoms with E-state index in [-0.39, 0.29) is 11.9 Å². The maximum atomic E-state index is 12.0. The molecule has 4 atom stereocenters. The van der Waals surface area contributed by atoms with E-state index in [4.69, 9.17) is 11.6 Å². The fourth-order valence-electron chi connectivity index (χ4n) is 4.03. The van der Waals surface area contributed by atoms with E-state index in [1.807, 2.05) is 30.3 Å². The van der Waals surface area contributed by atoms with Gasteiger partial charge in [0.15, 0.2) is 0 Å². The normalized spacial score (nSPS) is 29.0. The molecule has 3 heteroatoms. The third-order valence-corrected chi connectivity index (χ3v) is 5.35. The molecular formula is C18H22ClNO. The van der Waals surface area contributed by atoms with Crippen molar-refractivity contribution in [3.05, 3.63) is 40.9 Å². The molecule has 0 radical (unpaired) electrons. The maximum absolute atomic E-state index is 12.0. The fraction of sp³-hybridized carbons (Fsp3) is 0.500. The van der Waals surface area contributed by atoms with Gasteiger partial charge >= 0.3 is 0 Å². The van der Waals surface area contributed by atoms with E-state index >= 15 is 0 Å². The molecule has 2 nitrogen and oxygen atoms in total. The van der Waals surface area contributed by atoms with Crippen LogP contribution in [0.1, 0.15) is 38.2 Å². The summed E-state index contributed by atoms with van der Waals surface area (Å²) in [6.07, 6.45) is 8.89. The zero-order chi connectivity index (χ0) is 14.8. The van der Waals surface area contributed by atoms with Gasteiger partial charge in [0.2, 0.25) is 5.91 Å². The number of fused-ring (bicyclic) bond motifs is 2. The Morgan fingerprint density at radius 1 is 1.29 bits per heavy atom. The highest BCUT2D eigenvalue weighted by Gasteiger charge is 2.41. The summed E-state index contributed by atoms with van der Waals surface area (Å²) in [4.78, 5) is 12.0. The molecule has 0 spiro atoms. The van der Waals surface area contributed by atoms with Crippen molar-refractivity contribution >= 4 is 23.6 Å². The van der Waals surface area contributed by atoms with Gasteiger partial charge in [0.25, 0.3) is 0 Å². The number of hydrogen-bond donors (Lipinski definition) is 1. The topological polar surface area (TPSA) is 29.1 Å². The lowest BCUT2D eigenvalue weighted by molar-refractivity contribution is -0.117. The van der Waals surface area contributed by atoms with Gasteiger partial charge < -0.3 is 5.32 Å². The van der Waals surface area contributed by atoms with Gasteiger partial charge in [-0.3, -0.25) is 4.79 Å². The molecule has 4 unspecified atom stereocenters. The number of rotatable bonds is 4. The van der Waals surface area contributed by atoms with E-state index in [2.05, 4.69) is 12.2 Å². The molecular weight excluding hydrogens is 282 g/mol. The zero-order valence-corrected chi connectivity index (χ0v) is 13.1. The Hall–Kier alpha value is -1.28. The molecule has 0 heterocycles. The van der Waals surface area contributed by atoms with Crippen molar-refractivity contribution < 1.29 is 4.79 Å². The second-order valence-electron chi connectivity index (χ2n) is 6.52. The first-order valence-electron chi connectivity index (χ1n) is 7.86. The van der Waals surface area contributed by atoms with E-state index in [9.17, 15) is 4.79 Å². The van der Waals surface area contributed by atoms with Crippen molar-refractivity contribution in [2.45, 2.75) is 38.6 Å².